The zero-order valence-corrected chi connectivity index (χ0v) is 6.90. The van der Waals surface area contributed by atoms with Gasteiger partial charge in [0.2, 0.25) is 0 Å². The second kappa shape index (κ2) is 6.86. The van der Waals surface area contributed by atoms with E-state index in [-0.39, 0.29) is 12.4 Å². The van der Waals surface area contributed by atoms with Gasteiger partial charge in [-0.15, -0.1) is 12.4 Å². The molecule has 0 aliphatic carbocycles. The molecule has 0 aliphatic heterocycles. The monoisotopic (exact) mass is 166 g/mol. The van der Waals surface area contributed by atoms with Crippen molar-refractivity contribution in [3.8, 4) is 0 Å². The summed E-state index contributed by atoms with van der Waals surface area (Å²) in [7, 11) is 0. The second-order valence-corrected chi connectivity index (χ2v) is 1.96. The summed E-state index contributed by atoms with van der Waals surface area (Å²) in [5, 5.41) is 8.81. The van der Waals surface area contributed by atoms with Crippen LogP contribution < -0.4 is 11.5 Å². The molecule has 0 radical (unpaired) electrons. The van der Waals surface area contributed by atoms with Crippen LogP contribution in [0, 0.1) is 0 Å². The van der Waals surface area contributed by atoms with Crippen molar-refractivity contribution in [3.05, 3.63) is 11.8 Å². The van der Waals surface area contributed by atoms with E-state index in [1.54, 1.807) is 13.0 Å². The van der Waals surface area contributed by atoms with Gasteiger partial charge < -0.3 is 16.6 Å². The molecule has 0 heterocycles. The Balaban J connectivity index is 0. The SMILES string of the molecule is CC(O)C(N)=CCCN.Cl. The molecule has 0 aromatic heterocycles. The van der Waals surface area contributed by atoms with Crippen LogP contribution in [-0.4, -0.2) is 17.8 Å². The van der Waals surface area contributed by atoms with Crippen LogP contribution in [0.4, 0.5) is 0 Å². The minimum Gasteiger partial charge on any atom is -0.400 e. The highest BCUT2D eigenvalue weighted by Gasteiger charge is 1.95. The molecule has 0 aromatic rings. The first-order chi connectivity index (χ1) is 4.18. The average molecular weight is 167 g/mol. The topological polar surface area (TPSA) is 72.3 Å². The van der Waals surface area contributed by atoms with Crippen LogP contribution in [0.3, 0.4) is 0 Å². The predicted molar refractivity (Wildman–Crippen MR) is 44.9 cm³/mol. The highest BCUT2D eigenvalue weighted by molar-refractivity contribution is 5.85. The third-order valence-electron chi connectivity index (χ3n) is 1.03. The highest BCUT2D eigenvalue weighted by Crippen LogP contribution is 1.93. The maximum absolute atomic E-state index is 8.81. The second-order valence-electron chi connectivity index (χ2n) is 1.96. The molecule has 0 rings (SSSR count). The van der Waals surface area contributed by atoms with Crippen LogP contribution in [0.2, 0.25) is 0 Å². The fraction of sp³-hybridized carbons (Fsp3) is 0.667. The lowest BCUT2D eigenvalue weighted by molar-refractivity contribution is 0.229. The predicted octanol–water partition coefficient (Wildman–Crippen LogP) is -0.0196. The Hall–Kier alpha value is -0.250. The van der Waals surface area contributed by atoms with Crippen molar-refractivity contribution in [2.24, 2.45) is 11.5 Å². The van der Waals surface area contributed by atoms with Gasteiger partial charge in [0.15, 0.2) is 0 Å². The van der Waals surface area contributed by atoms with Gasteiger partial charge in [0.1, 0.15) is 0 Å². The maximum atomic E-state index is 8.81. The molecular weight excluding hydrogens is 152 g/mol. The number of aliphatic hydroxyl groups excluding tert-OH is 1. The average Bonchev–Trinajstić information content (AvgIpc) is 1.82. The molecule has 3 nitrogen and oxygen atoms in total. The summed E-state index contributed by atoms with van der Waals surface area (Å²) < 4.78 is 0. The largest absolute Gasteiger partial charge is 0.400 e. The number of hydrogen-bond acceptors (Lipinski definition) is 3. The van der Waals surface area contributed by atoms with Crippen molar-refractivity contribution in [1.82, 2.24) is 0 Å². The van der Waals surface area contributed by atoms with E-state index in [0.717, 1.165) is 6.42 Å². The molecule has 0 saturated carbocycles. The Bertz CT molecular complexity index is 104. The molecule has 62 valence electrons. The van der Waals surface area contributed by atoms with Crippen LogP contribution in [0.25, 0.3) is 0 Å². The van der Waals surface area contributed by atoms with Crippen LogP contribution in [-0.2, 0) is 0 Å². The van der Waals surface area contributed by atoms with Crippen molar-refractivity contribution in [2.75, 3.05) is 6.54 Å². The quantitative estimate of drug-likeness (QED) is 0.552. The van der Waals surface area contributed by atoms with Gasteiger partial charge in [-0.25, -0.2) is 0 Å². The molecule has 4 heteroatoms. The summed E-state index contributed by atoms with van der Waals surface area (Å²) in [5.41, 5.74) is 11.1. The highest BCUT2D eigenvalue weighted by atomic mass is 35.5. The summed E-state index contributed by atoms with van der Waals surface area (Å²) in [6.07, 6.45) is 1.93. The molecule has 0 aliphatic rings. The van der Waals surface area contributed by atoms with Crippen molar-refractivity contribution in [3.63, 3.8) is 0 Å². The lowest BCUT2D eigenvalue weighted by atomic mass is 10.2. The van der Waals surface area contributed by atoms with Crippen LogP contribution in [0.15, 0.2) is 11.8 Å². The summed E-state index contributed by atoms with van der Waals surface area (Å²) in [5.74, 6) is 0. The zero-order valence-electron chi connectivity index (χ0n) is 6.08. The molecule has 0 saturated heterocycles. The molecule has 0 amide bonds. The molecular formula is C6H15ClN2O. The molecule has 0 bridgehead atoms. The molecule has 1 atom stereocenters. The van der Waals surface area contributed by atoms with Gasteiger partial charge in [0.05, 0.1) is 6.10 Å². The Kier molecular flexibility index (Phi) is 8.53. The Labute approximate surface area is 67.5 Å². The third kappa shape index (κ3) is 5.88. The summed E-state index contributed by atoms with van der Waals surface area (Å²) >= 11 is 0. The van der Waals surface area contributed by atoms with E-state index in [2.05, 4.69) is 0 Å². The van der Waals surface area contributed by atoms with Crippen LogP contribution in [0.1, 0.15) is 13.3 Å². The van der Waals surface area contributed by atoms with Gasteiger partial charge >= 0.3 is 0 Å². The lowest BCUT2D eigenvalue weighted by Crippen LogP contribution is -2.13. The van der Waals surface area contributed by atoms with E-state index in [4.69, 9.17) is 16.6 Å². The van der Waals surface area contributed by atoms with Crippen molar-refractivity contribution in [1.29, 1.82) is 0 Å². The minimum atomic E-state index is -0.545. The van der Waals surface area contributed by atoms with E-state index in [0.29, 0.717) is 12.2 Å². The Morgan fingerprint density at radius 2 is 2.20 bits per heavy atom. The summed E-state index contributed by atoms with van der Waals surface area (Å²) in [4.78, 5) is 0. The van der Waals surface area contributed by atoms with Crippen LogP contribution in [0.5, 0.6) is 0 Å². The molecule has 1 unspecified atom stereocenters. The Morgan fingerprint density at radius 3 is 2.50 bits per heavy atom. The van der Waals surface area contributed by atoms with E-state index in [9.17, 15) is 0 Å². The minimum absolute atomic E-state index is 0. The molecule has 0 aromatic carbocycles. The van der Waals surface area contributed by atoms with E-state index in [1.165, 1.54) is 0 Å². The first-order valence-corrected chi connectivity index (χ1v) is 3.02. The molecule has 5 N–H and O–H groups in total. The van der Waals surface area contributed by atoms with Gasteiger partial charge in [0.25, 0.3) is 0 Å². The number of hydrogen-bond donors (Lipinski definition) is 3. The summed E-state index contributed by atoms with van der Waals surface area (Å²) in [6.45, 7) is 2.20. The van der Waals surface area contributed by atoms with Crippen LogP contribution >= 0.6 is 12.4 Å². The number of halogens is 1. The zero-order chi connectivity index (χ0) is 7.28. The number of aliphatic hydroxyl groups is 1. The molecule has 0 fully saturated rings. The van der Waals surface area contributed by atoms with E-state index >= 15 is 0 Å². The number of nitrogens with two attached hydrogens (primary N) is 2. The van der Waals surface area contributed by atoms with Crippen molar-refractivity contribution < 1.29 is 5.11 Å². The van der Waals surface area contributed by atoms with E-state index < -0.39 is 6.10 Å². The van der Waals surface area contributed by atoms with Crippen molar-refractivity contribution in [2.45, 2.75) is 19.4 Å². The first kappa shape index (κ1) is 12.4. The summed E-state index contributed by atoms with van der Waals surface area (Å²) in [6, 6.07) is 0. The number of rotatable bonds is 3. The molecule has 0 spiro atoms. The van der Waals surface area contributed by atoms with Gasteiger partial charge in [0, 0.05) is 5.70 Å². The standard InChI is InChI=1S/C6H14N2O.ClH/c1-5(9)6(8)3-2-4-7;/h3,5,9H,2,4,7-8H2,1H3;1H. The third-order valence-corrected chi connectivity index (χ3v) is 1.03. The fourth-order valence-electron chi connectivity index (χ4n) is 0.421. The van der Waals surface area contributed by atoms with Gasteiger partial charge in [-0.3, -0.25) is 0 Å². The first-order valence-electron chi connectivity index (χ1n) is 3.02. The Morgan fingerprint density at radius 1 is 1.70 bits per heavy atom. The van der Waals surface area contributed by atoms with Gasteiger partial charge in [-0.1, -0.05) is 6.08 Å². The van der Waals surface area contributed by atoms with Gasteiger partial charge in [-0.2, -0.15) is 0 Å². The maximum Gasteiger partial charge on any atom is 0.0901 e. The fourth-order valence-corrected chi connectivity index (χ4v) is 0.421. The lowest BCUT2D eigenvalue weighted by Gasteiger charge is -2.02. The molecule has 10 heavy (non-hydrogen) atoms. The van der Waals surface area contributed by atoms with Crippen molar-refractivity contribution >= 4 is 12.4 Å². The smallest absolute Gasteiger partial charge is 0.0901 e. The normalized spacial score (nSPS) is 14.1. The van der Waals surface area contributed by atoms with E-state index in [1.807, 2.05) is 0 Å². The van der Waals surface area contributed by atoms with Gasteiger partial charge in [-0.05, 0) is 19.9 Å².